The molecular formula is C14H13K. The molecule has 0 nitrogen and oxygen atoms in total. The van der Waals surface area contributed by atoms with Gasteiger partial charge in [-0.05, 0) is 11.1 Å². The van der Waals surface area contributed by atoms with Crippen LogP contribution < -0.4 is 51.4 Å². The Balaban J connectivity index is 0.00000112. The van der Waals surface area contributed by atoms with Crippen LogP contribution in [-0.4, -0.2) is 0 Å². The van der Waals surface area contributed by atoms with Crippen LogP contribution in [0.15, 0.2) is 60.7 Å². The van der Waals surface area contributed by atoms with Crippen LogP contribution in [0.3, 0.4) is 0 Å². The van der Waals surface area contributed by atoms with Crippen molar-refractivity contribution < 1.29 is 52.8 Å². The van der Waals surface area contributed by atoms with Gasteiger partial charge in [0.1, 0.15) is 0 Å². The molecule has 0 spiro atoms. The average Bonchev–Trinajstić information content (AvgIpc) is 2.29. The molecule has 0 N–H and O–H groups in total. The van der Waals surface area contributed by atoms with Gasteiger partial charge in [0.2, 0.25) is 0 Å². The van der Waals surface area contributed by atoms with E-state index >= 15 is 0 Å². The Morgan fingerprint density at radius 2 is 0.933 bits per heavy atom. The Labute approximate surface area is 135 Å². The van der Waals surface area contributed by atoms with Gasteiger partial charge < -0.3 is 1.43 Å². The molecule has 0 aliphatic heterocycles. The summed E-state index contributed by atoms with van der Waals surface area (Å²) in [5.74, 6) is 0. The van der Waals surface area contributed by atoms with Crippen molar-refractivity contribution in [2.75, 3.05) is 0 Å². The molecule has 0 unspecified atom stereocenters. The van der Waals surface area contributed by atoms with E-state index in [4.69, 9.17) is 0 Å². The van der Waals surface area contributed by atoms with Gasteiger partial charge in [-0.15, -0.1) is 0 Å². The average molecular weight is 220 g/mol. The van der Waals surface area contributed by atoms with Crippen LogP contribution in [0, 0.1) is 0 Å². The normalized spacial score (nSPS) is 9.87. The van der Waals surface area contributed by atoms with Gasteiger partial charge in [-0.3, -0.25) is 0 Å². The zero-order valence-corrected chi connectivity index (χ0v) is 12.1. The quantitative estimate of drug-likeness (QED) is 0.523. The smallest absolute Gasteiger partial charge is 1.00 e. The zero-order valence-electron chi connectivity index (χ0n) is 9.93. The minimum absolute atomic E-state index is 0. The van der Waals surface area contributed by atoms with E-state index in [1.54, 1.807) is 0 Å². The largest absolute Gasteiger partial charge is 1.00 e. The van der Waals surface area contributed by atoms with E-state index < -0.39 is 0 Å². The van der Waals surface area contributed by atoms with Crippen LogP contribution in [0.1, 0.15) is 12.6 Å². The molecule has 0 saturated heterocycles. The van der Waals surface area contributed by atoms with Crippen LogP contribution in [0.2, 0.25) is 0 Å². The summed E-state index contributed by atoms with van der Waals surface area (Å²) in [5, 5.41) is 0. The van der Waals surface area contributed by atoms with E-state index in [-0.39, 0.29) is 52.8 Å². The fourth-order valence-corrected chi connectivity index (χ4v) is 1.32. The molecule has 1 heteroatoms. The molecule has 70 valence electrons. The molecule has 2 aromatic carbocycles. The van der Waals surface area contributed by atoms with E-state index in [0.717, 1.165) is 0 Å². The Kier molecular flexibility index (Phi) is 6.14. The van der Waals surface area contributed by atoms with Crippen LogP contribution >= 0.6 is 0 Å². The molecule has 0 aliphatic carbocycles. The molecule has 0 bridgehead atoms. The van der Waals surface area contributed by atoms with Crippen molar-refractivity contribution in [3.05, 3.63) is 71.8 Å². The molecule has 0 fully saturated rings. The number of hydrogen-bond donors (Lipinski definition) is 0. The molecule has 15 heavy (non-hydrogen) atoms. The standard InChI is InChI=1S/C14H12.K.H/c1-3-7-13(8-4-1)11-12-14-9-5-2-6-10-14;;/h1-12H;;/q;+1;-1. The third-order valence-electron chi connectivity index (χ3n) is 2.07. The Morgan fingerprint density at radius 3 is 1.27 bits per heavy atom. The van der Waals surface area contributed by atoms with Crippen molar-refractivity contribution in [3.63, 3.8) is 0 Å². The minimum atomic E-state index is 0. The second kappa shape index (κ2) is 7.15. The fourth-order valence-electron chi connectivity index (χ4n) is 1.32. The SMILES string of the molecule is C(=Cc1ccccc1)c1ccccc1.[H-].[K+]. The van der Waals surface area contributed by atoms with Crippen molar-refractivity contribution in [1.82, 2.24) is 0 Å². The monoisotopic (exact) mass is 220 g/mol. The van der Waals surface area contributed by atoms with Crippen LogP contribution in [0.4, 0.5) is 0 Å². The summed E-state index contributed by atoms with van der Waals surface area (Å²) in [6.45, 7) is 0. The van der Waals surface area contributed by atoms with Crippen LogP contribution in [0.25, 0.3) is 12.2 Å². The molecule has 2 aromatic rings. The molecule has 0 saturated carbocycles. The molecule has 2 rings (SSSR count). The molecule has 0 aromatic heterocycles. The second-order valence-electron chi connectivity index (χ2n) is 3.15. The van der Waals surface area contributed by atoms with Gasteiger partial charge >= 0.3 is 51.4 Å². The maximum Gasteiger partial charge on any atom is 1.00 e. The summed E-state index contributed by atoms with van der Waals surface area (Å²) in [4.78, 5) is 0. The summed E-state index contributed by atoms with van der Waals surface area (Å²) in [5.41, 5.74) is 2.47. The van der Waals surface area contributed by atoms with Crippen molar-refractivity contribution in [1.29, 1.82) is 0 Å². The maximum atomic E-state index is 2.12. The van der Waals surface area contributed by atoms with E-state index in [2.05, 4.69) is 36.4 Å². The Hall–Kier alpha value is -0.184. The summed E-state index contributed by atoms with van der Waals surface area (Å²) in [6, 6.07) is 20.6. The van der Waals surface area contributed by atoms with Gasteiger partial charge in [0.05, 0.1) is 0 Å². The van der Waals surface area contributed by atoms with Gasteiger partial charge in [0, 0.05) is 0 Å². The van der Waals surface area contributed by atoms with Gasteiger partial charge in [0.15, 0.2) is 0 Å². The molecule has 0 radical (unpaired) electrons. The van der Waals surface area contributed by atoms with Crippen molar-refractivity contribution in [3.8, 4) is 0 Å². The predicted octanol–water partition coefficient (Wildman–Crippen LogP) is 0.974. The number of benzene rings is 2. The summed E-state index contributed by atoms with van der Waals surface area (Å²) < 4.78 is 0. The first-order valence-corrected chi connectivity index (χ1v) is 4.73. The third kappa shape index (κ3) is 4.45. The maximum absolute atomic E-state index is 2.12. The molecule has 0 atom stereocenters. The summed E-state index contributed by atoms with van der Waals surface area (Å²) in [7, 11) is 0. The number of rotatable bonds is 2. The predicted molar refractivity (Wildman–Crippen MR) is 62.9 cm³/mol. The second-order valence-corrected chi connectivity index (χ2v) is 3.15. The van der Waals surface area contributed by atoms with Crippen LogP contribution in [-0.2, 0) is 0 Å². The summed E-state index contributed by atoms with van der Waals surface area (Å²) >= 11 is 0. The van der Waals surface area contributed by atoms with Crippen molar-refractivity contribution >= 4 is 12.2 Å². The first-order valence-electron chi connectivity index (χ1n) is 4.73. The third-order valence-corrected chi connectivity index (χ3v) is 2.07. The number of hydrogen-bond acceptors (Lipinski definition) is 0. The van der Waals surface area contributed by atoms with Gasteiger partial charge in [0.25, 0.3) is 0 Å². The van der Waals surface area contributed by atoms with Gasteiger partial charge in [-0.1, -0.05) is 72.8 Å². The topological polar surface area (TPSA) is 0 Å². The van der Waals surface area contributed by atoms with Gasteiger partial charge in [-0.2, -0.15) is 0 Å². The van der Waals surface area contributed by atoms with Crippen molar-refractivity contribution in [2.24, 2.45) is 0 Å². The fraction of sp³-hybridized carbons (Fsp3) is 0. The zero-order chi connectivity index (χ0) is 9.64. The minimum Gasteiger partial charge on any atom is -1.00 e. The first-order chi connectivity index (χ1) is 6.95. The van der Waals surface area contributed by atoms with E-state index in [1.807, 2.05) is 36.4 Å². The summed E-state index contributed by atoms with van der Waals surface area (Å²) in [6.07, 6.45) is 4.24. The van der Waals surface area contributed by atoms with Gasteiger partial charge in [-0.25, -0.2) is 0 Å². The van der Waals surface area contributed by atoms with Crippen LogP contribution in [0.5, 0.6) is 0 Å². The van der Waals surface area contributed by atoms with E-state index in [9.17, 15) is 0 Å². The Bertz CT molecular complexity index is 368. The van der Waals surface area contributed by atoms with E-state index in [1.165, 1.54) is 11.1 Å². The molecule has 0 aliphatic rings. The molecular weight excluding hydrogens is 207 g/mol. The van der Waals surface area contributed by atoms with Crippen molar-refractivity contribution in [2.45, 2.75) is 0 Å². The first kappa shape index (κ1) is 12.9. The van der Waals surface area contributed by atoms with E-state index in [0.29, 0.717) is 0 Å². The molecule has 0 amide bonds. The Morgan fingerprint density at radius 1 is 0.600 bits per heavy atom. The molecule has 0 heterocycles.